The van der Waals surface area contributed by atoms with Crippen LogP contribution in [0.1, 0.15) is 68.7 Å². The van der Waals surface area contributed by atoms with E-state index in [1.54, 1.807) is 36.4 Å². The number of aliphatic carboxylic acids is 1. The number of nitrogens with one attached hydrogen (secondary N) is 1. The van der Waals surface area contributed by atoms with Gasteiger partial charge in [-0.3, -0.25) is 0 Å². The molecule has 1 aliphatic rings. The number of hydrogen-bond donors (Lipinski definition) is 2. The normalized spacial score (nSPS) is 18.4. The van der Waals surface area contributed by atoms with Crippen LogP contribution in [0, 0.1) is 11.3 Å². The lowest BCUT2D eigenvalue weighted by atomic mass is 9.71. The molecule has 3 rings (SSSR count). The molecule has 42 heavy (non-hydrogen) atoms. The number of allylic oxidation sites excluding steroid dienone is 2. The Morgan fingerprint density at radius 2 is 1.43 bits per heavy atom. The summed E-state index contributed by atoms with van der Waals surface area (Å²) in [6, 6.07) is 7.01. The molecule has 2 amide bonds. The minimum absolute atomic E-state index is 0.0225. The van der Waals surface area contributed by atoms with Crippen LogP contribution < -0.4 is 5.32 Å². The van der Waals surface area contributed by atoms with Crippen molar-refractivity contribution in [1.82, 2.24) is 4.90 Å². The first kappa shape index (κ1) is 32.8. The van der Waals surface area contributed by atoms with Crippen LogP contribution in [-0.2, 0) is 23.7 Å². The number of carbonyl (C=O) groups excluding carboxylic acids is 1. The maximum atomic E-state index is 13.5. The monoisotopic (exact) mass is 596 g/mol. The Morgan fingerprint density at radius 1 is 0.881 bits per heavy atom. The summed E-state index contributed by atoms with van der Waals surface area (Å²) in [6.07, 6.45) is -1.54. The third-order valence-corrected chi connectivity index (χ3v) is 7.43. The molecule has 0 unspecified atom stereocenters. The Labute approximate surface area is 240 Å². The summed E-state index contributed by atoms with van der Waals surface area (Å²) in [7, 11) is 0. The van der Waals surface area contributed by atoms with Crippen LogP contribution >= 0.6 is 0 Å². The minimum atomic E-state index is -5.04. The van der Waals surface area contributed by atoms with Crippen LogP contribution in [0.3, 0.4) is 0 Å². The predicted octanol–water partition coefficient (Wildman–Crippen LogP) is 9.02. The molecular weight excluding hydrogens is 562 g/mol. The molecule has 228 valence electrons. The number of rotatable bonds is 7. The highest BCUT2D eigenvalue weighted by Crippen LogP contribution is 2.40. The quantitative estimate of drug-likeness (QED) is 0.190. The van der Waals surface area contributed by atoms with Crippen molar-refractivity contribution in [3.8, 4) is 0 Å². The van der Waals surface area contributed by atoms with Gasteiger partial charge in [0.15, 0.2) is 0 Å². The highest BCUT2D eigenvalue weighted by Gasteiger charge is 2.38. The number of halogens is 6. The summed E-state index contributed by atoms with van der Waals surface area (Å²) in [5, 5.41) is 11.0. The topological polar surface area (TPSA) is 69.6 Å². The van der Waals surface area contributed by atoms with Crippen molar-refractivity contribution in [3.63, 3.8) is 0 Å². The van der Waals surface area contributed by atoms with Gasteiger partial charge in [-0.15, -0.1) is 0 Å². The number of alkyl halides is 6. The van der Waals surface area contributed by atoms with Crippen molar-refractivity contribution in [2.75, 3.05) is 5.32 Å². The second-order valence-electron chi connectivity index (χ2n) is 11.5. The van der Waals surface area contributed by atoms with E-state index in [9.17, 15) is 35.9 Å². The molecule has 0 spiro atoms. The van der Waals surface area contributed by atoms with Gasteiger partial charge in [-0.1, -0.05) is 63.3 Å². The van der Waals surface area contributed by atoms with Crippen LogP contribution in [-0.4, -0.2) is 28.0 Å². The number of hydrogen-bond acceptors (Lipinski definition) is 2. The summed E-state index contributed by atoms with van der Waals surface area (Å²) in [5.74, 6) is -0.664. The maximum absolute atomic E-state index is 13.5. The van der Waals surface area contributed by atoms with E-state index in [0.717, 1.165) is 24.5 Å². The lowest BCUT2D eigenvalue weighted by Gasteiger charge is -2.41. The number of benzene rings is 2. The molecule has 0 heterocycles. The standard InChI is InChI=1S/C31H34F6N2O3/c1-29(2,3)22-12-14-26(15-13-22)39(19-21-10-8-20(9-11-21)6-4-5-7-27(40)41)28(42)38-25-17-23(30(32,33)34)16-24(18-25)31(35,36)37/h4-11,16-18,22,26H,12-15,19H2,1-3H3,(H,38,42)(H,40,41)/b6-4+,7-5+. The molecule has 0 aliphatic heterocycles. The molecule has 5 nitrogen and oxygen atoms in total. The molecule has 2 aromatic carbocycles. The van der Waals surface area contributed by atoms with Gasteiger partial charge in [0, 0.05) is 24.4 Å². The Hall–Kier alpha value is -3.76. The van der Waals surface area contributed by atoms with Crippen LogP contribution in [0.4, 0.5) is 36.8 Å². The number of anilines is 1. The van der Waals surface area contributed by atoms with E-state index in [0.29, 0.717) is 36.5 Å². The lowest BCUT2D eigenvalue weighted by molar-refractivity contribution is -0.143. The number of carboxylic acid groups (broad SMARTS) is 1. The van der Waals surface area contributed by atoms with Gasteiger partial charge in [0.25, 0.3) is 0 Å². The van der Waals surface area contributed by atoms with Gasteiger partial charge in [-0.2, -0.15) is 26.3 Å². The first-order valence-electron chi connectivity index (χ1n) is 13.5. The summed E-state index contributed by atoms with van der Waals surface area (Å²) >= 11 is 0. The summed E-state index contributed by atoms with van der Waals surface area (Å²) in [4.78, 5) is 25.6. The fourth-order valence-corrected chi connectivity index (χ4v) is 5.08. The zero-order valence-corrected chi connectivity index (χ0v) is 23.5. The molecule has 0 saturated heterocycles. The van der Waals surface area contributed by atoms with E-state index in [2.05, 4.69) is 26.1 Å². The second kappa shape index (κ2) is 13.0. The van der Waals surface area contributed by atoms with Crippen molar-refractivity contribution in [2.24, 2.45) is 11.3 Å². The fourth-order valence-electron chi connectivity index (χ4n) is 5.08. The molecule has 0 aromatic heterocycles. The molecule has 1 aliphatic carbocycles. The number of amides is 2. The molecular formula is C31H34F6N2O3. The Kier molecular flexibility index (Phi) is 10.2. The average Bonchev–Trinajstić information content (AvgIpc) is 2.89. The predicted molar refractivity (Wildman–Crippen MR) is 148 cm³/mol. The van der Waals surface area contributed by atoms with Gasteiger partial charge >= 0.3 is 24.4 Å². The average molecular weight is 597 g/mol. The molecule has 11 heteroatoms. The Balaban J connectivity index is 1.87. The van der Waals surface area contributed by atoms with E-state index in [4.69, 9.17) is 5.11 Å². The van der Waals surface area contributed by atoms with Crippen molar-refractivity contribution >= 4 is 23.8 Å². The second-order valence-corrected chi connectivity index (χ2v) is 11.5. The number of urea groups is 1. The highest BCUT2D eigenvalue weighted by molar-refractivity contribution is 5.90. The SMILES string of the molecule is CC(C)(C)C1CCC(N(Cc2ccc(/C=C/C=C/C(=O)O)cc2)C(=O)Nc2cc(C(F)(F)F)cc(C(F)(F)F)c2)CC1. The third-order valence-electron chi connectivity index (χ3n) is 7.43. The number of nitrogens with zero attached hydrogens (tertiary/aromatic N) is 1. The first-order chi connectivity index (χ1) is 19.4. The van der Waals surface area contributed by atoms with E-state index >= 15 is 0 Å². The molecule has 0 bridgehead atoms. The van der Waals surface area contributed by atoms with Crippen molar-refractivity contribution < 1.29 is 41.0 Å². The van der Waals surface area contributed by atoms with E-state index in [1.165, 1.54) is 11.0 Å². The van der Waals surface area contributed by atoms with E-state index in [1.807, 2.05) is 0 Å². The van der Waals surface area contributed by atoms with Crippen LogP contribution in [0.5, 0.6) is 0 Å². The third kappa shape index (κ3) is 9.39. The van der Waals surface area contributed by atoms with Crippen molar-refractivity contribution in [2.45, 2.75) is 71.4 Å². The van der Waals surface area contributed by atoms with Crippen LogP contribution in [0.15, 0.2) is 60.7 Å². The molecule has 0 radical (unpaired) electrons. The maximum Gasteiger partial charge on any atom is 0.416 e. The Morgan fingerprint density at radius 3 is 1.90 bits per heavy atom. The lowest BCUT2D eigenvalue weighted by Crippen LogP contribution is -2.45. The molecule has 2 N–H and O–H groups in total. The molecule has 0 atom stereocenters. The zero-order valence-electron chi connectivity index (χ0n) is 23.5. The molecule has 1 saturated carbocycles. The largest absolute Gasteiger partial charge is 0.478 e. The summed E-state index contributed by atoms with van der Waals surface area (Å²) in [6.45, 7) is 6.51. The van der Waals surface area contributed by atoms with Crippen LogP contribution in [0.25, 0.3) is 6.08 Å². The number of carboxylic acids is 1. The van der Waals surface area contributed by atoms with Gasteiger partial charge in [0.1, 0.15) is 0 Å². The van der Waals surface area contributed by atoms with E-state index in [-0.39, 0.29) is 24.1 Å². The smallest absolute Gasteiger partial charge is 0.416 e. The molecule has 1 fully saturated rings. The minimum Gasteiger partial charge on any atom is -0.478 e. The van der Waals surface area contributed by atoms with E-state index < -0.39 is 41.2 Å². The summed E-state index contributed by atoms with van der Waals surface area (Å²) in [5.41, 5.74) is -2.07. The van der Waals surface area contributed by atoms with Crippen LogP contribution in [0.2, 0.25) is 0 Å². The molecule has 2 aromatic rings. The first-order valence-corrected chi connectivity index (χ1v) is 13.5. The fraction of sp³-hybridized carbons (Fsp3) is 0.419. The van der Waals surface area contributed by atoms with Gasteiger partial charge in [-0.25, -0.2) is 9.59 Å². The number of carbonyl (C=O) groups is 2. The van der Waals surface area contributed by atoms with Gasteiger partial charge < -0.3 is 15.3 Å². The van der Waals surface area contributed by atoms with Gasteiger partial charge in [0.05, 0.1) is 11.1 Å². The zero-order chi connectivity index (χ0) is 31.3. The Bertz CT molecular complexity index is 1270. The highest BCUT2D eigenvalue weighted by atomic mass is 19.4. The van der Waals surface area contributed by atoms with Gasteiger partial charge in [-0.05, 0) is 66.3 Å². The van der Waals surface area contributed by atoms with Gasteiger partial charge in [0.2, 0.25) is 0 Å². The van der Waals surface area contributed by atoms with Crippen molar-refractivity contribution in [1.29, 1.82) is 0 Å². The van der Waals surface area contributed by atoms with Crippen molar-refractivity contribution in [3.05, 3.63) is 82.9 Å². The summed E-state index contributed by atoms with van der Waals surface area (Å²) < 4.78 is 80.3.